The van der Waals surface area contributed by atoms with Crippen molar-refractivity contribution in [2.24, 2.45) is 0 Å². The van der Waals surface area contributed by atoms with Gasteiger partial charge in [0, 0.05) is 12.1 Å². The Balaban J connectivity index is 1.91. The van der Waals surface area contributed by atoms with Crippen molar-refractivity contribution in [1.29, 1.82) is 0 Å². The molecule has 0 aliphatic heterocycles. The van der Waals surface area contributed by atoms with Crippen molar-refractivity contribution in [2.45, 2.75) is 24.8 Å². The molecule has 1 aromatic heterocycles. The normalized spacial score (nSPS) is 17.1. The van der Waals surface area contributed by atoms with Gasteiger partial charge in [-0.15, -0.1) is 0 Å². The molecule has 0 bridgehead atoms. The van der Waals surface area contributed by atoms with Crippen molar-refractivity contribution in [2.75, 3.05) is 11.9 Å². The maximum Gasteiger partial charge on any atom is 0.271 e. The molecule has 0 spiro atoms. The number of hydrogen-bond acceptors (Lipinski definition) is 5. The third-order valence-electron chi connectivity index (χ3n) is 3.67. The number of non-ortho nitro benzene ring substituents is 1. The first-order valence-electron chi connectivity index (χ1n) is 6.15. The zero-order chi connectivity index (χ0) is 13.5. The van der Waals surface area contributed by atoms with Gasteiger partial charge in [0.15, 0.2) is 0 Å². The Labute approximate surface area is 108 Å². The van der Waals surface area contributed by atoms with Crippen LogP contribution in [-0.2, 0) is 0 Å². The lowest BCUT2D eigenvalue weighted by atomic mass is 9.77. The van der Waals surface area contributed by atoms with Crippen LogP contribution in [0.4, 0.5) is 11.6 Å². The summed E-state index contributed by atoms with van der Waals surface area (Å²) in [5, 5.41) is 23.3. The van der Waals surface area contributed by atoms with E-state index < -0.39 is 4.92 Å². The van der Waals surface area contributed by atoms with Crippen LogP contribution in [0, 0.1) is 10.1 Å². The molecule has 19 heavy (non-hydrogen) atoms. The Hall–Kier alpha value is -2.15. The first kappa shape index (κ1) is 11.9. The third kappa shape index (κ3) is 2.01. The molecule has 1 heterocycles. The van der Waals surface area contributed by atoms with Gasteiger partial charge in [0.25, 0.3) is 5.69 Å². The molecule has 0 amide bonds. The second-order valence-corrected chi connectivity index (χ2v) is 4.96. The van der Waals surface area contributed by atoms with Gasteiger partial charge in [-0.2, -0.15) is 0 Å². The van der Waals surface area contributed by atoms with Crippen LogP contribution < -0.4 is 5.32 Å². The van der Waals surface area contributed by atoms with Gasteiger partial charge < -0.3 is 15.4 Å². The molecule has 1 aliphatic rings. The van der Waals surface area contributed by atoms with Gasteiger partial charge in [0.2, 0.25) is 5.95 Å². The van der Waals surface area contributed by atoms with Crippen molar-refractivity contribution in [1.82, 2.24) is 9.97 Å². The minimum Gasteiger partial charge on any atom is -0.394 e. The van der Waals surface area contributed by atoms with Crippen LogP contribution in [0.15, 0.2) is 18.2 Å². The summed E-state index contributed by atoms with van der Waals surface area (Å²) in [6, 6.07) is 4.50. The van der Waals surface area contributed by atoms with Crippen LogP contribution in [0.2, 0.25) is 0 Å². The van der Waals surface area contributed by atoms with E-state index >= 15 is 0 Å². The van der Waals surface area contributed by atoms with Gasteiger partial charge in [0.1, 0.15) is 0 Å². The lowest BCUT2D eigenvalue weighted by Gasteiger charge is -2.40. The largest absolute Gasteiger partial charge is 0.394 e. The van der Waals surface area contributed by atoms with Crippen molar-refractivity contribution < 1.29 is 10.0 Å². The second kappa shape index (κ2) is 4.20. The summed E-state index contributed by atoms with van der Waals surface area (Å²) in [6.45, 7) is 0.0597. The lowest BCUT2D eigenvalue weighted by molar-refractivity contribution is -0.384. The number of aromatic amines is 1. The number of fused-ring (bicyclic) bond motifs is 1. The molecule has 2 aromatic rings. The van der Waals surface area contributed by atoms with Gasteiger partial charge >= 0.3 is 0 Å². The summed E-state index contributed by atoms with van der Waals surface area (Å²) in [5.41, 5.74) is 1.02. The Morgan fingerprint density at radius 1 is 1.53 bits per heavy atom. The molecule has 3 rings (SSSR count). The van der Waals surface area contributed by atoms with Crippen LogP contribution in [0.3, 0.4) is 0 Å². The zero-order valence-corrected chi connectivity index (χ0v) is 10.2. The Kier molecular flexibility index (Phi) is 2.63. The number of aliphatic hydroxyl groups is 1. The van der Waals surface area contributed by atoms with Crippen molar-refractivity contribution in [3.05, 3.63) is 28.3 Å². The fourth-order valence-electron chi connectivity index (χ4n) is 2.35. The molecule has 100 valence electrons. The average molecular weight is 262 g/mol. The maximum atomic E-state index is 10.7. The molecule has 1 saturated carbocycles. The van der Waals surface area contributed by atoms with Crippen LogP contribution in [0.25, 0.3) is 11.0 Å². The van der Waals surface area contributed by atoms with Gasteiger partial charge in [-0.3, -0.25) is 10.1 Å². The second-order valence-electron chi connectivity index (χ2n) is 4.96. The van der Waals surface area contributed by atoms with Crippen LogP contribution >= 0.6 is 0 Å². The maximum absolute atomic E-state index is 10.7. The fraction of sp³-hybridized carbons (Fsp3) is 0.417. The molecule has 1 fully saturated rings. The first-order valence-corrected chi connectivity index (χ1v) is 6.15. The van der Waals surface area contributed by atoms with E-state index in [1.807, 2.05) is 0 Å². The highest BCUT2D eigenvalue weighted by Gasteiger charge is 2.36. The van der Waals surface area contributed by atoms with Gasteiger partial charge in [-0.25, -0.2) is 4.98 Å². The predicted octanol–water partition coefficient (Wildman–Crippen LogP) is 1.80. The van der Waals surface area contributed by atoms with Gasteiger partial charge in [-0.1, -0.05) is 0 Å². The molecule has 7 nitrogen and oxygen atoms in total. The van der Waals surface area contributed by atoms with E-state index in [1.54, 1.807) is 6.07 Å². The number of imidazole rings is 1. The van der Waals surface area contributed by atoms with E-state index in [0.717, 1.165) is 19.3 Å². The highest BCUT2D eigenvalue weighted by atomic mass is 16.6. The average Bonchev–Trinajstić information content (AvgIpc) is 2.74. The van der Waals surface area contributed by atoms with E-state index in [1.165, 1.54) is 12.1 Å². The monoisotopic (exact) mass is 262 g/mol. The highest BCUT2D eigenvalue weighted by Crippen LogP contribution is 2.34. The number of rotatable bonds is 4. The minimum atomic E-state index is -0.436. The molecule has 3 N–H and O–H groups in total. The Morgan fingerprint density at radius 3 is 2.89 bits per heavy atom. The standard InChI is InChI=1S/C12H14N4O3/c17-7-12(4-1-5-12)15-11-13-9-3-2-8(16(18)19)6-10(9)14-11/h2-3,6,17H,1,4-5,7H2,(H2,13,14,15). The number of nitro groups is 1. The number of nitro benzene ring substituents is 1. The molecule has 0 saturated heterocycles. The minimum absolute atomic E-state index is 0.0308. The number of nitrogens with one attached hydrogen (secondary N) is 2. The van der Waals surface area contributed by atoms with E-state index in [-0.39, 0.29) is 17.8 Å². The van der Waals surface area contributed by atoms with E-state index in [9.17, 15) is 15.2 Å². The summed E-state index contributed by atoms with van der Waals surface area (Å²) >= 11 is 0. The lowest BCUT2D eigenvalue weighted by Crippen LogP contribution is -2.48. The number of hydrogen-bond donors (Lipinski definition) is 3. The highest BCUT2D eigenvalue weighted by molar-refractivity contribution is 5.80. The van der Waals surface area contributed by atoms with Crippen LogP contribution in [0.5, 0.6) is 0 Å². The third-order valence-corrected chi connectivity index (χ3v) is 3.67. The molecule has 0 radical (unpaired) electrons. The van der Waals surface area contributed by atoms with Crippen LogP contribution in [-0.4, -0.2) is 32.1 Å². The number of H-pyrrole nitrogens is 1. The van der Waals surface area contributed by atoms with Crippen molar-refractivity contribution in [3.8, 4) is 0 Å². The topological polar surface area (TPSA) is 104 Å². The summed E-state index contributed by atoms with van der Waals surface area (Å²) in [6.07, 6.45) is 2.89. The Bertz CT molecular complexity index is 627. The fourth-order valence-corrected chi connectivity index (χ4v) is 2.35. The summed E-state index contributed by atoms with van der Waals surface area (Å²) in [5.74, 6) is 0.546. The molecule has 1 aromatic carbocycles. The quantitative estimate of drug-likeness (QED) is 0.575. The molecule has 1 aliphatic carbocycles. The summed E-state index contributed by atoms with van der Waals surface area (Å²) in [4.78, 5) is 17.6. The number of anilines is 1. The molecule has 0 unspecified atom stereocenters. The van der Waals surface area contributed by atoms with Crippen molar-refractivity contribution >= 4 is 22.7 Å². The zero-order valence-electron chi connectivity index (χ0n) is 10.2. The van der Waals surface area contributed by atoms with Crippen LogP contribution in [0.1, 0.15) is 19.3 Å². The number of aromatic nitrogens is 2. The smallest absolute Gasteiger partial charge is 0.271 e. The number of nitrogens with zero attached hydrogens (tertiary/aromatic N) is 2. The summed E-state index contributed by atoms with van der Waals surface area (Å²) < 4.78 is 0. The summed E-state index contributed by atoms with van der Waals surface area (Å²) in [7, 11) is 0. The molecular weight excluding hydrogens is 248 g/mol. The van der Waals surface area contributed by atoms with E-state index in [4.69, 9.17) is 0 Å². The molecule has 7 heteroatoms. The predicted molar refractivity (Wildman–Crippen MR) is 70.0 cm³/mol. The first-order chi connectivity index (χ1) is 9.12. The van der Waals surface area contributed by atoms with Gasteiger partial charge in [0.05, 0.1) is 28.1 Å². The molecule has 0 atom stereocenters. The molecular formula is C12H14N4O3. The number of aliphatic hydroxyl groups excluding tert-OH is 1. The Morgan fingerprint density at radius 2 is 2.32 bits per heavy atom. The van der Waals surface area contributed by atoms with E-state index in [2.05, 4.69) is 15.3 Å². The van der Waals surface area contributed by atoms with Gasteiger partial charge in [-0.05, 0) is 25.3 Å². The van der Waals surface area contributed by atoms with Crippen molar-refractivity contribution in [3.63, 3.8) is 0 Å². The SMILES string of the molecule is O=[N+]([O-])c1ccc2nc(NC3(CO)CCC3)[nH]c2c1. The van der Waals surface area contributed by atoms with E-state index in [0.29, 0.717) is 17.0 Å². The number of benzene rings is 1.